The minimum Gasteiger partial charge on any atom is -0.429 e. The molecule has 29 heavy (non-hydrogen) atoms. The quantitative estimate of drug-likeness (QED) is 0.342. The van der Waals surface area contributed by atoms with E-state index in [9.17, 15) is 35.1 Å². The summed E-state index contributed by atoms with van der Waals surface area (Å²) < 4.78 is 114. The minimum absolute atomic E-state index is 0.00189. The number of aryl methyl sites for hydroxylation is 1. The predicted octanol–water partition coefficient (Wildman–Crippen LogP) is 6.62. The number of rotatable bonds is 4. The highest BCUT2D eigenvalue weighted by atomic mass is 19.3. The average molecular weight is 418 g/mol. The number of ether oxygens (including phenoxy) is 1. The molecule has 0 fully saturated rings. The minimum atomic E-state index is -4.41. The molecule has 0 heterocycles. The molecule has 0 spiro atoms. The van der Waals surface area contributed by atoms with E-state index in [0.717, 1.165) is 12.1 Å². The Hall–Kier alpha value is -3.10. The summed E-state index contributed by atoms with van der Waals surface area (Å²) in [5, 5.41) is 0. The van der Waals surface area contributed by atoms with Crippen molar-refractivity contribution in [3.8, 4) is 16.9 Å². The maximum absolute atomic E-state index is 14.3. The van der Waals surface area contributed by atoms with Crippen LogP contribution in [0.15, 0.2) is 42.5 Å². The third-order valence-electron chi connectivity index (χ3n) is 4.07. The van der Waals surface area contributed by atoms with Crippen molar-refractivity contribution >= 4 is 0 Å². The molecule has 0 bridgehead atoms. The van der Waals surface area contributed by atoms with E-state index >= 15 is 0 Å². The molecule has 0 aliphatic carbocycles. The Balaban J connectivity index is 1.96. The fourth-order valence-electron chi connectivity index (χ4n) is 2.58. The smallest absolute Gasteiger partial charge is 0.429 e. The lowest BCUT2D eigenvalue weighted by Crippen LogP contribution is -2.23. The van der Waals surface area contributed by atoms with E-state index in [1.807, 2.05) is 0 Å². The van der Waals surface area contributed by atoms with Crippen LogP contribution in [0.1, 0.15) is 11.1 Å². The van der Waals surface area contributed by atoms with Gasteiger partial charge in [-0.05, 0) is 30.2 Å². The molecule has 0 aliphatic heterocycles. The van der Waals surface area contributed by atoms with Gasteiger partial charge in [-0.25, -0.2) is 26.3 Å². The van der Waals surface area contributed by atoms with E-state index in [-0.39, 0.29) is 28.8 Å². The second-order valence-electron chi connectivity index (χ2n) is 6.07. The van der Waals surface area contributed by atoms with Gasteiger partial charge in [0.15, 0.2) is 29.1 Å². The van der Waals surface area contributed by atoms with Gasteiger partial charge in [0, 0.05) is 17.7 Å². The van der Waals surface area contributed by atoms with Gasteiger partial charge in [-0.15, -0.1) is 0 Å². The Kier molecular flexibility index (Phi) is 5.25. The Morgan fingerprint density at radius 1 is 0.690 bits per heavy atom. The molecule has 1 nitrogen and oxygen atoms in total. The normalized spacial score (nSPS) is 11.6. The zero-order chi connectivity index (χ0) is 21.5. The molecule has 0 unspecified atom stereocenters. The van der Waals surface area contributed by atoms with Crippen molar-refractivity contribution in [1.29, 1.82) is 0 Å². The zero-order valence-electron chi connectivity index (χ0n) is 14.5. The molecule has 3 aromatic rings. The van der Waals surface area contributed by atoms with Crippen LogP contribution in [-0.2, 0) is 6.11 Å². The van der Waals surface area contributed by atoms with Crippen LogP contribution in [0.4, 0.5) is 35.1 Å². The van der Waals surface area contributed by atoms with Gasteiger partial charge in [0.2, 0.25) is 0 Å². The first-order chi connectivity index (χ1) is 13.5. The highest BCUT2D eigenvalue weighted by molar-refractivity contribution is 5.65. The lowest BCUT2D eigenvalue weighted by molar-refractivity contribution is -0.187. The molecule has 9 heteroatoms. The Morgan fingerprint density at radius 3 is 1.90 bits per heavy atom. The Labute approximate surface area is 159 Å². The van der Waals surface area contributed by atoms with E-state index < -0.39 is 52.3 Å². The molecule has 0 amide bonds. The summed E-state index contributed by atoms with van der Waals surface area (Å²) in [4.78, 5) is 0. The topological polar surface area (TPSA) is 9.23 Å². The van der Waals surface area contributed by atoms with Crippen LogP contribution in [0, 0.1) is 41.8 Å². The third kappa shape index (κ3) is 3.90. The fourth-order valence-corrected chi connectivity index (χ4v) is 2.58. The van der Waals surface area contributed by atoms with Crippen molar-refractivity contribution in [2.45, 2.75) is 13.0 Å². The largest absolute Gasteiger partial charge is 0.429 e. The number of halogens is 8. The van der Waals surface area contributed by atoms with E-state index in [1.54, 1.807) is 0 Å². The fraction of sp³-hybridized carbons (Fsp3) is 0.100. The number of hydrogen-bond donors (Lipinski definition) is 0. The highest BCUT2D eigenvalue weighted by Crippen LogP contribution is 2.36. The standard InChI is InChI=1S/C20H10F8O/c1-9-2-4-12(18(25)17(9)24)10-3-5-13(14(21)6-10)20(27,28)29-11-7-15(22)19(26)16(23)8-11/h2-8H,1H3. The van der Waals surface area contributed by atoms with Gasteiger partial charge in [-0.1, -0.05) is 18.2 Å². The van der Waals surface area contributed by atoms with Crippen LogP contribution in [0.2, 0.25) is 0 Å². The van der Waals surface area contributed by atoms with Crippen molar-refractivity contribution < 1.29 is 39.9 Å². The van der Waals surface area contributed by atoms with Crippen LogP contribution >= 0.6 is 0 Å². The maximum Gasteiger partial charge on any atom is 0.429 e. The van der Waals surface area contributed by atoms with Crippen LogP contribution in [-0.4, -0.2) is 0 Å². The van der Waals surface area contributed by atoms with Crippen LogP contribution in [0.25, 0.3) is 11.1 Å². The van der Waals surface area contributed by atoms with Crippen LogP contribution < -0.4 is 4.74 Å². The summed E-state index contributed by atoms with van der Waals surface area (Å²) in [6, 6.07) is 4.71. The molecule has 0 N–H and O–H groups in total. The number of benzene rings is 3. The average Bonchev–Trinajstić information content (AvgIpc) is 2.63. The molecular weight excluding hydrogens is 408 g/mol. The number of hydrogen-bond acceptors (Lipinski definition) is 1. The van der Waals surface area contributed by atoms with Gasteiger partial charge in [0.25, 0.3) is 0 Å². The van der Waals surface area contributed by atoms with Gasteiger partial charge in [-0.3, -0.25) is 0 Å². The molecule has 3 rings (SSSR count). The van der Waals surface area contributed by atoms with Gasteiger partial charge in [0.1, 0.15) is 11.6 Å². The monoisotopic (exact) mass is 418 g/mol. The summed E-state index contributed by atoms with van der Waals surface area (Å²) in [7, 11) is 0. The first-order valence-corrected chi connectivity index (χ1v) is 7.97. The van der Waals surface area contributed by atoms with Crippen LogP contribution in [0.5, 0.6) is 5.75 Å². The molecular formula is C20H10F8O. The van der Waals surface area contributed by atoms with Gasteiger partial charge >= 0.3 is 6.11 Å². The third-order valence-corrected chi connectivity index (χ3v) is 4.07. The molecule has 0 atom stereocenters. The molecule has 0 saturated carbocycles. The van der Waals surface area contributed by atoms with Crippen LogP contribution in [0.3, 0.4) is 0 Å². The Bertz CT molecular complexity index is 1070. The first-order valence-electron chi connectivity index (χ1n) is 7.97. The van der Waals surface area contributed by atoms with Gasteiger partial charge in [0.05, 0.1) is 5.56 Å². The predicted molar refractivity (Wildman–Crippen MR) is 87.3 cm³/mol. The van der Waals surface area contributed by atoms with E-state index in [1.165, 1.54) is 13.0 Å². The maximum atomic E-state index is 14.3. The van der Waals surface area contributed by atoms with Crippen molar-refractivity contribution in [1.82, 2.24) is 0 Å². The molecule has 0 saturated heterocycles. The molecule has 3 aromatic carbocycles. The molecule has 0 aliphatic rings. The van der Waals surface area contributed by atoms with Crippen molar-refractivity contribution in [3.05, 3.63) is 88.5 Å². The highest BCUT2D eigenvalue weighted by Gasteiger charge is 2.38. The SMILES string of the molecule is Cc1ccc(-c2ccc(C(F)(F)Oc3cc(F)c(F)c(F)c3)c(F)c2)c(F)c1F. The summed E-state index contributed by atoms with van der Waals surface area (Å²) in [5.41, 5.74) is -1.91. The van der Waals surface area contributed by atoms with Crippen molar-refractivity contribution in [2.75, 3.05) is 0 Å². The van der Waals surface area contributed by atoms with E-state index in [0.29, 0.717) is 12.1 Å². The van der Waals surface area contributed by atoms with E-state index in [2.05, 4.69) is 4.74 Å². The lowest BCUT2D eigenvalue weighted by Gasteiger charge is -2.19. The van der Waals surface area contributed by atoms with Crippen molar-refractivity contribution in [2.24, 2.45) is 0 Å². The summed E-state index contributed by atoms with van der Waals surface area (Å²) in [5.74, 6) is -10.5. The second kappa shape index (κ2) is 7.38. The Morgan fingerprint density at radius 2 is 1.31 bits per heavy atom. The zero-order valence-corrected chi connectivity index (χ0v) is 14.5. The van der Waals surface area contributed by atoms with Gasteiger partial charge in [-0.2, -0.15) is 8.78 Å². The van der Waals surface area contributed by atoms with Gasteiger partial charge < -0.3 is 4.74 Å². The summed E-state index contributed by atoms with van der Waals surface area (Å²) >= 11 is 0. The molecule has 0 aromatic heterocycles. The summed E-state index contributed by atoms with van der Waals surface area (Å²) in [6.07, 6.45) is -4.41. The molecule has 0 radical (unpaired) electrons. The first kappa shape index (κ1) is 20.6. The number of alkyl halides is 2. The summed E-state index contributed by atoms with van der Waals surface area (Å²) in [6.45, 7) is 1.31. The van der Waals surface area contributed by atoms with E-state index in [4.69, 9.17) is 0 Å². The van der Waals surface area contributed by atoms with Crippen molar-refractivity contribution in [3.63, 3.8) is 0 Å². The second-order valence-corrected chi connectivity index (χ2v) is 6.07. The lowest BCUT2D eigenvalue weighted by atomic mass is 10.0. The molecule has 152 valence electrons.